The maximum atomic E-state index is 9.33. The first-order chi connectivity index (χ1) is 32.6. The van der Waals surface area contributed by atoms with Crippen LogP contribution >= 0.6 is 0 Å². The van der Waals surface area contributed by atoms with Crippen molar-refractivity contribution < 1.29 is 8.83 Å². The fraction of sp³-hybridized carbons (Fsp3) is 0. The van der Waals surface area contributed by atoms with Crippen molar-refractivity contribution in [1.82, 2.24) is 15.0 Å². The highest BCUT2D eigenvalue weighted by atomic mass is 16.3. The van der Waals surface area contributed by atoms with E-state index in [1.165, 1.54) is 0 Å². The summed E-state index contributed by atoms with van der Waals surface area (Å²) in [6.45, 7) is 0. The van der Waals surface area contributed by atoms with Gasteiger partial charge in [-0.25, -0.2) is 15.0 Å². The zero-order chi connectivity index (χ0) is 43.7. The van der Waals surface area contributed by atoms with Crippen LogP contribution in [0.25, 0.3) is 133 Å². The van der Waals surface area contributed by atoms with Gasteiger partial charge in [-0.15, -0.1) is 0 Å². The summed E-state index contributed by atoms with van der Waals surface area (Å²) in [4.78, 5) is 15.2. The van der Waals surface area contributed by atoms with Crippen molar-refractivity contribution in [3.05, 3.63) is 212 Å². The maximum Gasteiger partial charge on any atom is 0.164 e. The highest BCUT2D eigenvalue weighted by molar-refractivity contribution is 6.31. The molecule has 0 aliphatic heterocycles. The lowest BCUT2D eigenvalue weighted by Crippen LogP contribution is -2.00. The van der Waals surface area contributed by atoms with E-state index in [4.69, 9.17) is 23.8 Å². The van der Waals surface area contributed by atoms with Crippen LogP contribution in [0.4, 0.5) is 0 Å². The monoisotopic (exact) mass is 842 g/mol. The van der Waals surface area contributed by atoms with E-state index >= 15 is 0 Å². The number of rotatable bonds is 6. The van der Waals surface area contributed by atoms with Gasteiger partial charge in [0.05, 0.1) is 11.6 Å². The molecule has 0 radical (unpaired) electrons. The van der Waals surface area contributed by atoms with Gasteiger partial charge in [-0.1, -0.05) is 140 Å². The summed E-state index contributed by atoms with van der Waals surface area (Å²) in [5, 5.41) is 18.0. The van der Waals surface area contributed by atoms with Crippen molar-refractivity contribution in [2.24, 2.45) is 0 Å². The number of hydrogen-bond donors (Lipinski definition) is 0. The number of hydrogen-bond acceptors (Lipinski definition) is 6. The van der Waals surface area contributed by atoms with Crippen LogP contribution in [-0.4, -0.2) is 15.0 Å². The first-order valence-corrected chi connectivity index (χ1v) is 21.9. The molecule has 0 fully saturated rings. The Bertz CT molecular complexity index is 4120. The first-order valence-electron chi connectivity index (χ1n) is 21.9. The summed E-state index contributed by atoms with van der Waals surface area (Å²) in [7, 11) is 0. The van der Waals surface area contributed by atoms with Gasteiger partial charge in [0.25, 0.3) is 0 Å². The van der Waals surface area contributed by atoms with Crippen LogP contribution in [0.15, 0.2) is 215 Å². The third-order valence-electron chi connectivity index (χ3n) is 12.7. The number of nitrogens with zero attached hydrogens (tertiary/aromatic N) is 4. The Balaban J connectivity index is 0.936. The molecule has 3 aromatic heterocycles. The molecule has 0 bridgehead atoms. The highest BCUT2D eigenvalue weighted by Crippen LogP contribution is 2.44. The Morgan fingerprint density at radius 2 is 0.773 bits per heavy atom. The molecule has 10 aromatic carbocycles. The molecule has 0 aliphatic rings. The zero-order valence-corrected chi connectivity index (χ0v) is 35.2. The van der Waals surface area contributed by atoms with Gasteiger partial charge < -0.3 is 8.83 Å². The van der Waals surface area contributed by atoms with Crippen LogP contribution in [0.5, 0.6) is 0 Å². The van der Waals surface area contributed by atoms with Gasteiger partial charge in [-0.05, 0) is 116 Å². The van der Waals surface area contributed by atoms with Gasteiger partial charge in [-0.2, -0.15) is 5.26 Å². The third-order valence-corrected chi connectivity index (χ3v) is 12.7. The molecule has 13 aromatic rings. The van der Waals surface area contributed by atoms with Gasteiger partial charge in [0, 0.05) is 43.6 Å². The molecule has 0 amide bonds. The van der Waals surface area contributed by atoms with Crippen molar-refractivity contribution >= 4 is 65.4 Å². The standard InChI is InChI=1S/C60H34N4O2/c61-35-36-20-22-37(23-21-36)39-12-8-13-40(30-39)42-24-27-46-47-28-25-43(33-52(47)57-56(51(46)32-42)49-17-5-7-19-54(49)66-57)41-14-9-15-44(31-41)59-62-58(38-10-2-1-3-11-38)63-60(64-59)45-26-29-55-50(34-45)48-16-4-6-18-53(48)65-55/h1-34H. The number of nitriles is 1. The minimum absolute atomic E-state index is 0.586. The van der Waals surface area contributed by atoms with E-state index in [0.717, 1.165) is 115 Å². The molecule has 3 heterocycles. The topological polar surface area (TPSA) is 88.7 Å². The Labute approximate surface area is 378 Å². The van der Waals surface area contributed by atoms with Crippen LogP contribution in [0, 0.1) is 11.3 Å². The molecule has 306 valence electrons. The van der Waals surface area contributed by atoms with Gasteiger partial charge in [0.15, 0.2) is 17.5 Å². The lowest BCUT2D eigenvalue weighted by atomic mass is 9.91. The number of benzene rings is 10. The van der Waals surface area contributed by atoms with Crippen molar-refractivity contribution in [3.8, 4) is 73.6 Å². The van der Waals surface area contributed by atoms with Crippen LogP contribution in [0.1, 0.15) is 5.56 Å². The molecule has 0 N–H and O–H groups in total. The second-order valence-corrected chi connectivity index (χ2v) is 16.7. The quantitative estimate of drug-likeness (QED) is 0.155. The van der Waals surface area contributed by atoms with Gasteiger partial charge >= 0.3 is 0 Å². The number of furan rings is 2. The summed E-state index contributed by atoms with van der Waals surface area (Å²) in [5.41, 5.74) is 13.2. The Morgan fingerprint density at radius 1 is 0.303 bits per heavy atom. The van der Waals surface area contributed by atoms with Crippen molar-refractivity contribution in [2.75, 3.05) is 0 Å². The molecule has 6 nitrogen and oxygen atoms in total. The molecule has 0 aliphatic carbocycles. The summed E-state index contributed by atoms with van der Waals surface area (Å²) < 4.78 is 12.9. The SMILES string of the molecule is N#Cc1ccc(-c2cccc(-c3ccc4c5ccc(-c6cccc(-c7nc(-c8ccccc8)nc(-c8ccc9oc%10ccccc%10c9c8)n7)c6)cc5c5oc6ccccc6c5c4c3)c2)cc1. The predicted molar refractivity (Wildman–Crippen MR) is 267 cm³/mol. The fourth-order valence-corrected chi connectivity index (χ4v) is 9.48. The summed E-state index contributed by atoms with van der Waals surface area (Å²) >= 11 is 0. The van der Waals surface area contributed by atoms with E-state index in [9.17, 15) is 5.26 Å². The van der Waals surface area contributed by atoms with Gasteiger partial charge in [0.2, 0.25) is 0 Å². The maximum absolute atomic E-state index is 9.33. The number of aromatic nitrogens is 3. The molecule has 0 spiro atoms. The Hall–Kier alpha value is -9.18. The van der Waals surface area contributed by atoms with E-state index < -0.39 is 0 Å². The summed E-state index contributed by atoms with van der Waals surface area (Å²) in [6, 6.07) is 73.0. The second-order valence-electron chi connectivity index (χ2n) is 16.7. The van der Waals surface area contributed by atoms with E-state index in [1.54, 1.807) is 0 Å². The van der Waals surface area contributed by atoms with Crippen molar-refractivity contribution in [3.63, 3.8) is 0 Å². The van der Waals surface area contributed by atoms with E-state index in [2.05, 4.69) is 115 Å². The summed E-state index contributed by atoms with van der Waals surface area (Å²) in [5.74, 6) is 1.77. The normalized spacial score (nSPS) is 11.6. The molecule has 0 saturated heterocycles. The molecule has 0 atom stereocenters. The molecule has 13 rings (SSSR count). The van der Waals surface area contributed by atoms with Crippen LogP contribution in [-0.2, 0) is 0 Å². The predicted octanol–water partition coefficient (Wildman–Crippen LogP) is 15.9. The largest absolute Gasteiger partial charge is 0.456 e. The lowest BCUT2D eigenvalue weighted by Gasteiger charge is -2.12. The summed E-state index contributed by atoms with van der Waals surface area (Å²) in [6.07, 6.45) is 0. The van der Waals surface area contributed by atoms with E-state index in [-0.39, 0.29) is 0 Å². The first kappa shape index (κ1) is 37.4. The average Bonchev–Trinajstić information content (AvgIpc) is 3.98. The second kappa shape index (κ2) is 15.0. The smallest absolute Gasteiger partial charge is 0.164 e. The van der Waals surface area contributed by atoms with Crippen molar-refractivity contribution in [1.29, 1.82) is 5.26 Å². The molecule has 0 saturated carbocycles. The van der Waals surface area contributed by atoms with Gasteiger partial charge in [-0.3, -0.25) is 0 Å². The molecule has 66 heavy (non-hydrogen) atoms. The molecular formula is C60H34N4O2. The molecule has 0 unspecified atom stereocenters. The van der Waals surface area contributed by atoms with E-state index in [1.807, 2.05) is 97.1 Å². The van der Waals surface area contributed by atoms with Crippen LogP contribution < -0.4 is 0 Å². The van der Waals surface area contributed by atoms with Gasteiger partial charge in [0.1, 0.15) is 22.3 Å². The minimum Gasteiger partial charge on any atom is -0.456 e. The van der Waals surface area contributed by atoms with Crippen LogP contribution in [0.3, 0.4) is 0 Å². The highest BCUT2D eigenvalue weighted by Gasteiger charge is 2.19. The third kappa shape index (κ3) is 6.22. The molecule has 6 heteroatoms. The van der Waals surface area contributed by atoms with Crippen LogP contribution in [0.2, 0.25) is 0 Å². The van der Waals surface area contributed by atoms with E-state index in [0.29, 0.717) is 23.0 Å². The Morgan fingerprint density at radius 3 is 1.48 bits per heavy atom. The number of fused-ring (bicyclic) bond motifs is 11. The average molecular weight is 843 g/mol. The minimum atomic E-state index is 0.586. The molecular weight excluding hydrogens is 809 g/mol. The number of para-hydroxylation sites is 2. The zero-order valence-electron chi connectivity index (χ0n) is 35.2. The lowest BCUT2D eigenvalue weighted by molar-refractivity contribution is 0.669. The fourth-order valence-electron chi connectivity index (χ4n) is 9.48. The van der Waals surface area contributed by atoms with Crippen molar-refractivity contribution in [2.45, 2.75) is 0 Å². The Kier molecular flexibility index (Phi) is 8.48.